The molecule has 0 aliphatic carbocycles. The van der Waals surface area contributed by atoms with Gasteiger partial charge in [0.25, 0.3) is 0 Å². The van der Waals surface area contributed by atoms with Gasteiger partial charge < -0.3 is 15.0 Å². The van der Waals surface area contributed by atoms with Crippen molar-refractivity contribution in [3.05, 3.63) is 53.6 Å². The minimum absolute atomic E-state index is 0.104. The maximum Gasteiger partial charge on any atom is 0.238 e. The van der Waals surface area contributed by atoms with Crippen LogP contribution in [0, 0.1) is 13.8 Å². The summed E-state index contributed by atoms with van der Waals surface area (Å²) in [6.07, 6.45) is 1.41. The first-order chi connectivity index (χ1) is 13.9. The Hall–Kier alpha value is -2.86. The summed E-state index contributed by atoms with van der Waals surface area (Å²) in [7, 11) is 1.89. The Balaban J connectivity index is 1.50. The smallest absolute Gasteiger partial charge is 0.238 e. The van der Waals surface area contributed by atoms with Crippen LogP contribution in [0.15, 0.2) is 42.5 Å². The van der Waals surface area contributed by atoms with Crippen molar-refractivity contribution in [2.75, 3.05) is 43.5 Å². The molecule has 154 valence electrons. The minimum atomic E-state index is -0.113. The van der Waals surface area contributed by atoms with Crippen LogP contribution in [-0.4, -0.2) is 50.0 Å². The molecular formula is C23H29N3O3. The number of rotatable bonds is 8. The molecule has 1 N–H and O–H groups in total. The van der Waals surface area contributed by atoms with E-state index >= 15 is 0 Å². The van der Waals surface area contributed by atoms with Gasteiger partial charge in [-0.05, 0) is 62.7 Å². The molecule has 1 heterocycles. The highest BCUT2D eigenvalue weighted by molar-refractivity contribution is 6.02. The van der Waals surface area contributed by atoms with Gasteiger partial charge in [0.2, 0.25) is 11.8 Å². The first-order valence-electron chi connectivity index (χ1n) is 10.0. The van der Waals surface area contributed by atoms with Crippen LogP contribution >= 0.6 is 0 Å². The van der Waals surface area contributed by atoms with Crippen molar-refractivity contribution >= 4 is 23.2 Å². The average molecular weight is 396 g/mol. The number of ether oxygens (including phenoxy) is 1. The van der Waals surface area contributed by atoms with Crippen LogP contribution in [-0.2, 0) is 9.59 Å². The van der Waals surface area contributed by atoms with Gasteiger partial charge in [-0.3, -0.25) is 14.5 Å². The number of amides is 2. The Kier molecular flexibility index (Phi) is 6.88. The fraction of sp³-hybridized carbons (Fsp3) is 0.391. The molecule has 1 aliphatic rings. The summed E-state index contributed by atoms with van der Waals surface area (Å²) in [4.78, 5) is 28.2. The Morgan fingerprint density at radius 3 is 2.59 bits per heavy atom. The van der Waals surface area contributed by atoms with Gasteiger partial charge in [0.1, 0.15) is 12.4 Å². The quantitative estimate of drug-likeness (QED) is 0.744. The number of aryl methyl sites for hydroxylation is 2. The van der Waals surface area contributed by atoms with Gasteiger partial charge in [0, 0.05) is 19.5 Å². The number of carbonyl (C=O) groups excluding carboxylic acids is 2. The van der Waals surface area contributed by atoms with E-state index in [1.54, 1.807) is 4.90 Å². The van der Waals surface area contributed by atoms with Gasteiger partial charge >= 0.3 is 0 Å². The molecule has 6 heteroatoms. The van der Waals surface area contributed by atoms with Gasteiger partial charge in [-0.1, -0.05) is 18.2 Å². The highest BCUT2D eigenvalue weighted by Crippen LogP contribution is 2.29. The second kappa shape index (κ2) is 9.56. The Morgan fingerprint density at radius 2 is 1.90 bits per heavy atom. The van der Waals surface area contributed by atoms with E-state index in [4.69, 9.17) is 4.74 Å². The summed E-state index contributed by atoms with van der Waals surface area (Å²) in [5.74, 6) is 0.843. The molecule has 0 radical (unpaired) electrons. The van der Waals surface area contributed by atoms with Crippen LogP contribution in [0.5, 0.6) is 5.75 Å². The Morgan fingerprint density at radius 1 is 1.17 bits per heavy atom. The number of carbonyl (C=O) groups is 2. The summed E-state index contributed by atoms with van der Waals surface area (Å²) in [5, 5.41) is 2.95. The number of para-hydroxylation sites is 2. The second-order valence-corrected chi connectivity index (χ2v) is 7.62. The van der Waals surface area contributed by atoms with E-state index < -0.39 is 0 Å². The first kappa shape index (κ1) is 20.9. The van der Waals surface area contributed by atoms with Gasteiger partial charge in [-0.2, -0.15) is 0 Å². The molecule has 2 aromatic rings. The molecule has 0 saturated carbocycles. The maximum absolute atomic E-state index is 12.5. The van der Waals surface area contributed by atoms with E-state index in [1.807, 2.05) is 62.2 Å². The minimum Gasteiger partial charge on any atom is -0.492 e. The monoisotopic (exact) mass is 395 g/mol. The van der Waals surface area contributed by atoms with Gasteiger partial charge in [0.05, 0.1) is 17.9 Å². The highest BCUT2D eigenvalue weighted by Gasteiger charge is 2.24. The molecule has 29 heavy (non-hydrogen) atoms. The lowest BCUT2D eigenvalue weighted by molar-refractivity contribution is -0.118. The molecular weight excluding hydrogens is 366 g/mol. The number of likely N-dealkylation sites (N-methyl/N-ethyl adjacent to an activating group) is 1. The lowest BCUT2D eigenvalue weighted by Crippen LogP contribution is -2.33. The van der Waals surface area contributed by atoms with Gasteiger partial charge in [-0.25, -0.2) is 0 Å². The van der Waals surface area contributed by atoms with Gasteiger partial charge in [0.15, 0.2) is 0 Å². The van der Waals surface area contributed by atoms with Crippen LogP contribution in [0.1, 0.15) is 24.0 Å². The average Bonchev–Trinajstić information content (AvgIpc) is 3.07. The molecule has 1 fully saturated rings. The zero-order valence-electron chi connectivity index (χ0n) is 17.4. The van der Waals surface area contributed by atoms with Crippen molar-refractivity contribution in [2.24, 2.45) is 0 Å². The third-order valence-corrected chi connectivity index (χ3v) is 4.89. The Bertz CT molecular complexity index is 861. The summed E-state index contributed by atoms with van der Waals surface area (Å²) in [6, 6.07) is 13.6. The topological polar surface area (TPSA) is 61.9 Å². The van der Waals surface area contributed by atoms with Crippen LogP contribution in [0.25, 0.3) is 0 Å². The number of nitrogens with zero attached hydrogens (tertiary/aromatic N) is 2. The van der Waals surface area contributed by atoms with Gasteiger partial charge in [-0.15, -0.1) is 0 Å². The second-order valence-electron chi connectivity index (χ2n) is 7.62. The third-order valence-electron chi connectivity index (χ3n) is 4.89. The molecule has 0 unspecified atom stereocenters. The van der Waals surface area contributed by atoms with Crippen molar-refractivity contribution in [3.8, 4) is 5.75 Å². The number of nitrogens with one attached hydrogen (secondary N) is 1. The molecule has 1 aliphatic heterocycles. The number of anilines is 2. The zero-order valence-corrected chi connectivity index (χ0v) is 17.4. The zero-order chi connectivity index (χ0) is 20.8. The molecule has 1 saturated heterocycles. The van der Waals surface area contributed by atoms with E-state index in [1.165, 1.54) is 11.1 Å². The van der Waals surface area contributed by atoms with Crippen molar-refractivity contribution in [1.82, 2.24) is 4.90 Å². The van der Waals surface area contributed by atoms with Crippen molar-refractivity contribution in [3.63, 3.8) is 0 Å². The lowest BCUT2D eigenvalue weighted by Gasteiger charge is -2.21. The van der Waals surface area contributed by atoms with Crippen LogP contribution < -0.4 is 15.0 Å². The molecule has 0 atom stereocenters. The predicted octanol–water partition coefficient (Wildman–Crippen LogP) is 3.38. The molecule has 6 nitrogen and oxygen atoms in total. The van der Waals surface area contributed by atoms with E-state index in [0.29, 0.717) is 31.8 Å². The fourth-order valence-electron chi connectivity index (χ4n) is 3.57. The van der Waals surface area contributed by atoms with Crippen LogP contribution in [0.4, 0.5) is 11.4 Å². The number of hydrogen-bond donors (Lipinski definition) is 1. The normalized spacial score (nSPS) is 13.8. The molecule has 0 spiro atoms. The number of benzene rings is 2. The summed E-state index contributed by atoms with van der Waals surface area (Å²) in [6.45, 7) is 6.17. The van der Waals surface area contributed by atoms with Crippen LogP contribution in [0.3, 0.4) is 0 Å². The van der Waals surface area contributed by atoms with Crippen LogP contribution in [0.2, 0.25) is 0 Å². The summed E-state index contributed by atoms with van der Waals surface area (Å²) >= 11 is 0. The van der Waals surface area contributed by atoms with Crippen molar-refractivity contribution < 1.29 is 14.3 Å². The first-order valence-corrected chi connectivity index (χ1v) is 10.0. The molecule has 2 aromatic carbocycles. The third kappa shape index (κ3) is 5.81. The van der Waals surface area contributed by atoms with E-state index in [9.17, 15) is 9.59 Å². The standard InChI is InChI=1S/C23H29N3O3/c1-17-13-18(2)15-19(14-17)29-12-11-25(3)16-22(27)24-20-7-4-5-8-21(20)26-10-6-9-23(26)28/h4-5,7-8,13-15H,6,9-12,16H2,1-3H3,(H,24,27). The van der Waals surface area contributed by atoms with E-state index in [-0.39, 0.29) is 18.4 Å². The largest absolute Gasteiger partial charge is 0.492 e. The molecule has 3 rings (SSSR count). The number of hydrogen-bond acceptors (Lipinski definition) is 4. The summed E-state index contributed by atoms with van der Waals surface area (Å²) < 4.78 is 5.82. The predicted molar refractivity (Wildman–Crippen MR) is 116 cm³/mol. The fourth-order valence-corrected chi connectivity index (χ4v) is 3.57. The van der Waals surface area contributed by atoms with Crippen molar-refractivity contribution in [2.45, 2.75) is 26.7 Å². The molecule has 0 bridgehead atoms. The van der Waals surface area contributed by atoms with E-state index in [2.05, 4.69) is 11.4 Å². The molecule has 2 amide bonds. The highest BCUT2D eigenvalue weighted by atomic mass is 16.5. The maximum atomic E-state index is 12.5. The SMILES string of the molecule is Cc1cc(C)cc(OCCN(C)CC(=O)Nc2ccccc2N2CCCC2=O)c1. The molecule has 0 aromatic heterocycles. The summed E-state index contributed by atoms with van der Waals surface area (Å²) in [5.41, 5.74) is 3.78. The Labute approximate surface area is 172 Å². The lowest BCUT2D eigenvalue weighted by atomic mass is 10.1. The van der Waals surface area contributed by atoms with Crippen molar-refractivity contribution in [1.29, 1.82) is 0 Å². The van der Waals surface area contributed by atoms with E-state index in [0.717, 1.165) is 17.9 Å².